The van der Waals surface area contributed by atoms with Gasteiger partial charge in [-0.05, 0) is 23.9 Å². The van der Waals surface area contributed by atoms with E-state index in [1.807, 2.05) is 0 Å². The molecule has 1 rings (SSSR count). The van der Waals surface area contributed by atoms with E-state index in [1.54, 1.807) is 0 Å². The largest absolute Gasteiger partial charge is 0.388 e. The Morgan fingerprint density at radius 2 is 2.31 bits per heavy atom. The fourth-order valence-corrected chi connectivity index (χ4v) is 2.18. The highest BCUT2D eigenvalue weighted by Gasteiger charge is 2.44. The van der Waals surface area contributed by atoms with E-state index in [2.05, 4.69) is 35.5 Å². The molecule has 1 heterocycles. The zero-order valence-electron chi connectivity index (χ0n) is 8.13. The van der Waals surface area contributed by atoms with Gasteiger partial charge in [0.05, 0.1) is 5.60 Å². The molecule has 0 aromatic heterocycles. The summed E-state index contributed by atoms with van der Waals surface area (Å²) in [6.45, 7) is 6.52. The van der Waals surface area contributed by atoms with E-state index in [1.165, 1.54) is 11.0 Å². The monoisotopic (exact) mass is 222 g/mol. The molecule has 0 amide bonds. The fraction of sp³-hybridized carbons (Fsp3) is 1.00. The van der Waals surface area contributed by atoms with Crippen molar-refractivity contribution in [3.8, 4) is 0 Å². The van der Waals surface area contributed by atoms with Crippen molar-refractivity contribution in [2.45, 2.75) is 25.9 Å². The standard InChI is InChI=1S/C8H18N2OS2/c1-7(2)5-9-4-3-8(7,11)6-10-13-12/h9-12H,3-6H2,1-2H3. The fourth-order valence-electron chi connectivity index (χ4n) is 1.68. The summed E-state index contributed by atoms with van der Waals surface area (Å²) < 4.78 is 3.02. The van der Waals surface area contributed by atoms with E-state index in [9.17, 15) is 5.11 Å². The normalized spacial score (nSPS) is 33.2. The van der Waals surface area contributed by atoms with Gasteiger partial charge in [-0.2, -0.15) is 0 Å². The maximum atomic E-state index is 10.4. The van der Waals surface area contributed by atoms with Crippen LogP contribution >= 0.6 is 22.6 Å². The molecule has 78 valence electrons. The van der Waals surface area contributed by atoms with Crippen molar-refractivity contribution in [1.82, 2.24) is 10.0 Å². The summed E-state index contributed by atoms with van der Waals surface area (Å²) in [5, 5.41) is 13.7. The third kappa shape index (κ3) is 2.53. The van der Waals surface area contributed by atoms with Crippen LogP contribution in [0, 0.1) is 5.41 Å². The number of rotatable bonds is 3. The van der Waals surface area contributed by atoms with Gasteiger partial charge in [-0.3, -0.25) is 4.72 Å². The minimum atomic E-state index is -0.617. The van der Waals surface area contributed by atoms with Crippen LogP contribution in [-0.2, 0) is 0 Å². The zero-order valence-corrected chi connectivity index (χ0v) is 9.84. The molecule has 1 saturated heterocycles. The molecular formula is C8H18N2OS2. The van der Waals surface area contributed by atoms with Crippen molar-refractivity contribution in [3.63, 3.8) is 0 Å². The molecule has 1 aliphatic heterocycles. The average Bonchev–Trinajstić information content (AvgIpc) is 2.07. The Balaban J connectivity index is 2.60. The summed E-state index contributed by atoms with van der Waals surface area (Å²) in [4.78, 5) is 0. The molecule has 1 unspecified atom stereocenters. The lowest BCUT2D eigenvalue weighted by Gasteiger charge is -2.46. The van der Waals surface area contributed by atoms with Gasteiger partial charge in [0, 0.05) is 18.5 Å². The molecule has 3 N–H and O–H groups in total. The van der Waals surface area contributed by atoms with Crippen LogP contribution in [0.2, 0.25) is 0 Å². The van der Waals surface area contributed by atoms with Gasteiger partial charge in [-0.15, -0.1) is 0 Å². The van der Waals surface area contributed by atoms with Gasteiger partial charge < -0.3 is 10.4 Å². The van der Waals surface area contributed by atoms with Crippen LogP contribution in [0.1, 0.15) is 20.3 Å². The summed E-state index contributed by atoms with van der Waals surface area (Å²) in [6.07, 6.45) is 0.793. The highest BCUT2D eigenvalue weighted by Crippen LogP contribution is 2.35. The average molecular weight is 222 g/mol. The summed E-state index contributed by atoms with van der Waals surface area (Å²) >= 11 is 3.99. The van der Waals surface area contributed by atoms with Crippen LogP contribution in [-0.4, -0.2) is 30.3 Å². The Hall–Kier alpha value is 0.580. The molecule has 3 nitrogen and oxygen atoms in total. The molecule has 0 aromatic rings. The first-order chi connectivity index (χ1) is 6.02. The molecule has 1 fully saturated rings. The maximum absolute atomic E-state index is 10.4. The number of hydrogen-bond acceptors (Lipinski definition) is 5. The van der Waals surface area contributed by atoms with Crippen molar-refractivity contribution in [3.05, 3.63) is 0 Å². The number of thiol groups is 1. The van der Waals surface area contributed by atoms with Crippen molar-refractivity contribution in [2.75, 3.05) is 19.6 Å². The predicted octanol–water partition coefficient (Wildman–Crippen LogP) is 0.820. The summed E-state index contributed by atoms with van der Waals surface area (Å²) in [6, 6.07) is 0. The van der Waals surface area contributed by atoms with Crippen molar-refractivity contribution < 1.29 is 5.11 Å². The lowest BCUT2D eigenvalue weighted by Crippen LogP contribution is -2.59. The Morgan fingerprint density at radius 1 is 1.62 bits per heavy atom. The molecule has 0 aromatic carbocycles. The molecule has 0 bridgehead atoms. The Kier molecular flexibility index (Phi) is 3.94. The predicted molar refractivity (Wildman–Crippen MR) is 60.8 cm³/mol. The van der Waals surface area contributed by atoms with Crippen molar-refractivity contribution in [2.24, 2.45) is 5.41 Å². The van der Waals surface area contributed by atoms with Gasteiger partial charge in [-0.25, -0.2) is 0 Å². The Labute approximate surface area is 89.0 Å². The Bertz CT molecular complexity index is 178. The lowest BCUT2D eigenvalue weighted by molar-refractivity contribution is -0.0816. The van der Waals surface area contributed by atoms with Gasteiger partial charge in [0.15, 0.2) is 0 Å². The van der Waals surface area contributed by atoms with Crippen LogP contribution in [0.5, 0.6) is 0 Å². The van der Waals surface area contributed by atoms with Crippen LogP contribution in [0.4, 0.5) is 0 Å². The molecule has 0 radical (unpaired) electrons. The first-order valence-corrected chi connectivity index (χ1v) is 6.35. The highest BCUT2D eigenvalue weighted by atomic mass is 33.1. The van der Waals surface area contributed by atoms with Gasteiger partial charge >= 0.3 is 0 Å². The third-order valence-electron chi connectivity index (χ3n) is 2.97. The number of hydrogen-bond donors (Lipinski definition) is 4. The number of aliphatic hydroxyl groups is 1. The maximum Gasteiger partial charge on any atom is 0.0855 e. The van der Waals surface area contributed by atoms with Gasteiger partial charge in [-0.1, -0.05) is 25.5 Å². The molecule has 1 atom stereocenters. The summed E-state index contributed by atoms with van der Waals surface area (Å²) in [7, 11) is 1.26. The lowest BCUT2D eigenvalue weighted by atomic mass is 9.71. The van der Waals surface area contributed by atoms with E-state index in [0.29, 0.717) is 6.54 Å². The molecule has 13 heavy (non-hydrogen) atoms. The minimum Gasteiger partial charge on any atom is -0.388 e. The second kappa shape index (κ2) is 4.40. The highest BCUT2D eigenvalue weighted by molar-refractivity contribution is 8.67. The van der Waals surface area contributed by atoms with Gasteiger partial charge in [0.25, 0.3) is 0 Å². The van der Waals surface area contributed by atoms with Crippen molar-refractivity contribution >= 4 is 22.6 Å². The van der Waals surface area contributed by atoms with Crippen LogP contribution in [0.3, 0.4) is 0 Å². The summed E-state index contributed by atoms with van der Waals surface area (Å²) in [5.41, 5.74) is -0.699. The van der Waals surface area contributed by atoms with E-state index < -0.39 is 5.60 Å². The number of piperidine rings is 1. The smallest absolute Gasteiger partial charge is 0.0855 e. The molecule has 5 heteroatoms. The molecule has 0 aliphatic carbocycles. The van der Waals surface area contributed by atoms with Crippen LogP contribution in [0.25, 0.3) is 0 Å². The SMILES string of the molecule is CC1(C)CNCCC1(O)CNSS. The van der Waals surface area contributed by atoms with E-state index in [4.69, 9.17) is 0 Å². The van der Waals surface area contributed by atoms with Crippen LogP contribution < -0.4 is 10.0 Å². The van der Waals surface area contributed by atoms with E-state index >= 15 is 0 Å². The van der Waals surface area contributed by atoms with Gasteiger partial charge in [0.2, 0.25) is 0 Å². The van der Waals surface area contributed by atoms with E-state index in [-0.39, 0.29) is 5.41 Å². The zero-order chi connectivity index (χ0) is 9.95. The minimum absolute atomic E-state index is 0.0816. The molecule has 0 saturated carbocycles. The van der Waals surface area contributed by atoms with Crippen LogP contribution in [0.15, 0.2) is 0 Å². The molecule has 0 spiro atoms. The van der Waals surface area contributed by atoms with E-state index in [0.717, 1.165) is 19.5 Å². The quantitative estimate of drug-likeness (QED) is 0.324. The first kappa shape index (κ1) is 11.7. The topological polar surface area (TPSA) is 44.3 Å². The van der Waals surface area contributed by atoms with Gasteiger partial charge in [0.1, 0.15) is 0 Å². The Morgan fingerprint density at radius 3 is 2.85 bits per heavy atom. The molecular weight excluding hydrogens is 204 g/mol. The second-order valence-corrected chi connectivity index (χ2v) is 5.27. The number of nitrogens with one attached hydrogen (secondary N) is 2. The third-order valence-corrected chi connectivity index (χ3v) is 3.63. The second-order valence-electron chi connectivity index (χ2n) is 4.25. The first-order valence-electron chi connectivity index (χ1n) is 4.48. The summed E-state index contributed by atoms with van der Waals surface area (Å²) in [5.74, 6) is 0. The van der Waals surface area contributed by atoms with Crippen molar-refractivity contribution in [1.29, 1.82) is 0 Å². The molecule has 1 aliphatic rings.